The Labute approximate surface area is 249 Å². The highest BCUT2D eigenvalue weighted by atomic mass is 32.2. The molecule has 2 amide bonds. The van der Waals surface area contributed by atoms with E-state index in [1.807, 2.05) is 5.38 Å². The van der Waals surface area contributed by atoms with E-state index in [9.17, 15) is 24.7 Å². The van der Waals surface area contributed by atoms with Crippen molar-refractivity contribution in [1.82, 2.24) is 24.6 Å². The van der Waals surface area contributed by atoms with Crippen LogP contribution in [-0.4, -0.2) is 70.9 Å². The largest absolute Gasteiger partial charge is 0.543 e. The number of hydrogen-bond donors (Lipinski definition) is 3. The Morgan fingerprint density at radius 2 is 2.20 bits per heavy atom. The maximum absolute atomic E-state index is 13.0. The number of carbonyl (C=O) groups is 3. The van der Waals surface area contributed by atoms with E-state index in [1.165, 1.54) is 46.1 Å². The van der Waals surface area contributed by atoms with Crippen molar-refractivity contribution in [3.8, 4) is 0 Å². The number of amides is 2. The second kappa shape index (κ2) is 11.4. The predicted octanol–water partition coefficient (Wildman–Crippen LogP) is -0.224. The van der Waals surface area contributed by atoms with Crippen LogP contribution >= 0.6 is 46.4 Å². The first-order chi connectivity index (χ1) is 19.8. The van der Waals surface area contributed by atoms with Gasteiger partial charge in [0.15, 0.2) is 27.9 Å². The lowest BCUT2D eigenvalue weighted by atomic mass is 10.0. The van der Waals surface area contributed by atoms with Crippen LogP contribution < -0.4 is 20.7 Å². The Morgan fingerprint density at radius 1 is 1.34 bits per heavy atom. The van der Waals surface area contributed by atoms with E-state index in [0.717, 1.165) is 45.7 Å². The van der Waals surface area contributed by atoms with Crippen LogP contribution in [0.1, 0.15) is 29.2 Å². The van der Waals surface area contributed by atoms with Gasteiger partial charge in [0.1, 0.15) is 17.1 Å². The molecular formula is C24H22N8O5S4. The molecule has 41 heavy (non-hydrogen) atoms. The predicted molar refractivity (Wildman–Crippen MR) is 150 cm³/mol. The zero-order valence-electron chi connectivity index (χ0n) is 21.2. The van der Waals surface area contributed by atoms with Crippen LogP contribution in [0, 0.1) is 0 Å². The molecule has 17 heteroatoms. The number of carbonyl (C=O) groups excluding carboxylic acids is 3. The second-order valence-electron chi connectivity index (χ2n) is 9.36. The highest BCUT2D eigenvalue weighted by Crippen LogP contribution is 2.41. The Morgan fingerprint density at radius 3 is 2.95 bits per heavy atom. The number of nitrogens with one attached hydrogen (secondary N) is 1. The SMILES string of the molecule is Nc1nc(/C(=N/O)C(=O)N[C@@H]2C(=O)N3C(C(=O)[O-])=C(CSc4nc(C[n+]5cccc6c5CCC6)cs4)CSC23)ns1. The van der Waals surface area contributed by atoms with Gasteiger partial charge >= 0.3 is 0 Å². The number of aromatic nitrogens is 4. The van der Waals surface area contributed by atoms with Gasteiger partial charge in [-0.2, -0.15) is 13.9 Å². The Balaban J connectivity index is 1.11. The minimum absolute atomic E-state index is 0.0732. The molecule has 1 unspecified atom stereocenters. The summed E-state index contributed by atoms with van der Waals surface area (Å²) in [7, 11) is 0. The summed E-state index contributed by atoms with van der Waals surface area (Å²) in [6.45, 7) is 0.675. The Kier molecular flexibility index (Phi) is 7.67. The number of nitrogens with two attached hydrogens (primary N) is 1. The lowest BCUT2D eigenvalue weighted by Crippen LogP contribution is -2.71. The molecule has 13 nitrogen and oxygen atoms in total. The average Bonchev–Trinajstić information content (AvgIpc) is 3.72. The molecule has 0 aromatic carbocycles. The number of aryl methyl sites for hydroxylation is 1. The number of carboxylic acids is 1. The first-order valence-corrected chi connectivity index (χ1v) is 16.1. The minimum atomic E-state index is -1.46. The van der Waals surface area contributed by atoms with Crippen molar-refractivity contribution in [1.29, 1.82) is 0 Å². The van der Waals surface area contributed by atoms with Crippen LogP contribution in [-0.2, 0) is 33.8 Å². The number of fused-ring (bicyclic) bond motifs is 2. The molecule has 0 bridgehead atoms. The zero-order chi connectivity index (χ0) is 28.7. The lowest BCUT2D eigenvalue weighted by Gasteiger charge is -2.50. The van der Waals surface area contributed by atoms with E-state index in [4.69, 9.17) is 10.7 Å². The summed E-state index contributed by atoms with van der Waals surface area (Å²) in [6, 6.07) is 3.21. The molecular weight excluding hydrogens is 609 g/mol. The lowest BCUT2D eigenvalue weighted by molar-refractivity contribution is -0.695. The van der Waals surface area contributed by atoms with Crippen molar-refractivity contribution < 1.29 is 29.3 Å². The monoisotopic (exact) mass is 630 g/mol. The fourth-order valence-electron chi connectivity index (χ4n) is 5.03. The number of thiazole rings is 1. The summed E-state index contributed by atoms with van der Waals surface area (Å²) in [5.41, 5.74) is 9.06. The van der Waals surface area contributed by atoms with Crippen LogP contribution in [0.25, 0.3) is 0 Å². The van der Waals surface area contributed by atoms with Gasteiger partial charge in [-0.05, 0) is 24.5 Å². The standard InChI is InChI=1S/C24H22N8O5S4/c25-23-28-18(30-41-23)15(29-37)19(33)27-16-20(34)32-17(22(35)36)12(8-38-21(16)32)9-39-24-26-13(10-40-24)7-31-6-2-4-11-3-1-5-14(11)31/h2,4,6,10,16,21H,1,3,5,7-9H2,(H4-,25,27,28,30,33,35,36,37)/t16-,21?/m1/s1. The summed E-state index contributed by atoms with van der Waals surface area (Å²) in [4.78, 5) is 47.5. The number of carboxylic acid groups (broad SMARTS) is 1. The third kappa shape index (κ3) is 5.29. The number of oxime groups is 1. The summed E-state index contributed by atoms with van der Waals surface area (Å²) >= 11 is 5.05. The van der Waals surface area contributed by atoms with Crippen molar-refractivity contribution in [3.63, 3.8) is 0 Å². The van der Waals surface area contributed by atoms with Crippen LogP contribution in [0.5, 0.6) is 0 Å². The van der Waals surface area contributed by atoms with Gasteiger partial charge in [0.25, 0.3) is 11.8 Å². The van der Waals surface area contributed by atoms with Gasteiger partial charge < -0.3 is 26.2 Å². The van der Waals surface area contributed by atoms with E-state index in [2.05, 4.69) is 42.7 Å². The molecule has 1 fully saturated rings. The molecule has 1 saturated heterocycles. The normalized spacial score (nSPS) is 20.0. The fourth-order valence-corrected chi connectivity index (χ4v) is 8.78. The van der Waals surface area contributed by atoms with Gasteiger partial charge in [-0.1, -0.05) is 16.9 Å². The maximum Gasteiger partial charge on any atom is 0.278 e. The molecule has 212 valence electrons. The van der Waals surface area contributed by atoms with Gasteiger partial charge in [-0.3, -0.25) is 14.5 Å². The number of nitrogens with zero attached hydrogens (tertiary/aromatic N) is 6. The summed E-state index contributed by atoms with van der Waals surface area (Å²) in [5, 5.41) is 28.3. The molecule has 6 rings (SSSR count). The topological polar surface area (TPSA) is 191 Å². The Bertz CT molecular complexity index is 1620. The molecule has 2 atom stereocenters. The number of pyridine rings is 1. The highest BCUT2D eigenvalue weighted by Gasteiger charge is 2.53. The third-order valence-electron chi connectivity index (χ3n) is 6.87. The zero-order valence-corrected chi connectivity index (χ0v) is 24.4. The first kappa shape index (κ1) is 27.6. The molecule has 5 heterocycles. The number of nitrogen functional groups attached to an aromatic ring is 1. The van der Waals surface area contributed by atoms with E-state index in [1.54, 1.807) is 0 Å². The maximum atomic E-state index is 13.0. The molecule has 0 radical (unpaired) electrons. The van der Waals surface area contributed by atoms with Crippen LogP contribution in [0.3, 0.4) is 0 Å². The van der Waals surface area contributed by atoms with Gasteiger partial charge in [0.05, 0.1) is 11.7 Å². The van der Waals surface area contributed by atoms with E-state index >= 15 is 0 Å². The van der Waals surface area contributed by atoms with Gasteiger partial charge in [0, 0.05) is 46.5 Å². The van der Waals surface area contributed by atoms with E-state index < -0.39 is 34.9 Å². The summed E-state index contributed by atoms with van der Waals surface area (Å²) in [5.74, 6) is -2.49. The van der Waals surface area contributed by atoms with Crippen molar-refractivity contribution in [3.05, 3.63) is 57.8 Å². The smallest absolute Gasteiger partial charge is 0.278 e. The average molecular weight is 631 g/mol. The fraction of sp³-hybridized carbons (Fsp3) is 0.333. The molecule has 1 aliphatic carbocycles. The number of thioether (sulfide) groups is 2. The molecule has 0 spiro atoms. The molecule has 3 aromatic heterocycles. The van der Waals surface area contributed by atoms with Crippen LogP contribution in [0.15, 0.2) is 44.5 Å². The van der Waals surface area contributed by atoms with Gasteiger partial charge in [-0.15, -0.1) is 23.1 Å². The molecule has 3 aliphatic rings. The minimum Gasteiger partial charge on any atom is -0.543 e. The molecule has 0 saturated carbocycles. The first-order valence-electron chi connectivity index (χ1n) is 12.4. The van der Waals surface area contributed by atoms with Crippen molar-refractivity contribution in [2.45, 2.75) is 41.6 Å². The third-order valence-corrected chi connectivity index (χ3v) is 10.9. The van der Waals surface area contributed by atoms with Gasteiger partial charge in [0.2, 0.25) is 11.5 Å². The quantitative estimate of drug-likeness (QED) is 0.0707. The summed E-state index contributed by atoms with van der Waals surface area (Å²) in [6.07, 6.45) is 5.41. The Hall–Kier alpha value is -3.54. The number of anilines is 1. The van der Waals surface area contributed by atoms with Crippen LogP contribution in [0.4, 0.5) is 5.13 Å². The summed E-state index contributed by atoms with van der Waals surface area (Å²) < 4.78 is 6.88. The van der Waals surface area contributed by atoms with Crippen molar-refractivity contribution in [2.24, 2.45) is 5.16 Å². The molecule has 4 N–H and O–H groups in total. The number of aliphatic carboxylic acids is 1. The van der Waals surface area contributed by atoms with Crippen molar-refractivity contribution in [2.75, 3.05) is 17.2 Å². The van der Waals surface area contributed by atoms with Gasteiger partial charge in [-0.25, -0.2) is 4.98 Å². The van der Waals surface area contributed by atoms with E-state index in [-0.39, 0.29) is 16.7 Å². The van der Waals surface area contributed by atoms with E-state index in [0.29, 0.717) is 23.6 Å². The molecule has 3 aromatic rings. The number of hydrogen-bond acceptors (Lipinski definition) is 14. The van der Waals surface area contributed by atoms with Crippen LogP contribution in [0.2, 0.25) is 0 Å². The highest BCUT2D eigenvalue weighted by molar-refractivity contribution is 8.01. The molecule has 2 aliphatic heterocycles. The second-order valence-corrected chi connectivity index (χ2v) is 13.3. The number of rotatable bonds is 9. The van der Waals surface area contributed by atoms with Crippen molar-refractivity contribution >= 4 is 75.0 Å². The number of β-lactam (4-membered cyclic amide) rings is 1.